The highest BCUT2D eigenvalue weighted by Gasteiger charge is 2.49. The van der Waals surface area contributed by atoms with Crippen LogP contribution in [0.2, 0.25) is 0 Å². The van der Waals surface area contributed by atoms with Crippen LogP contribution in [0.5, 0.6) is 0 Å². The van der Waals surface area contributed by atoms with Gasteiger partial charge in [-0.25, -0.2) is 0 Å². The Bertz CT molecular complexity index is 660. The summed E-state index contributed by atoms with van der Waals surface area (Å²) in [6.45, 7) is 9.75. The number of likely N-dealkylation sites (tertiary alicyclic amines) is 1. The van der Waals surface area contributed by atoms with E-state index >= 15 is 0 Å². The fourth-order valence-corrected chi connectivity index (χ4v) is 7.08. The minimum absolute atomic E-state index is 0.112. The Morgan fingerprint density at radius 2 is 1.90 bits per heavy atom. The molecule has 0 amide bonds. The molecule has 4 fully saturated rings. The molecule has 2 N–H and O–H groups in total. The number of aliphatic hydroxyl groups excluding tert-OH is 1. The molecule has 0 radical (unpaired) electrons. The van der Waals surface area contributed by atoms with Crippen molar-refractivity contribution in [3.8, 4) is 0 Å². The number of allylic oxidation sites excluding steroid dienone is 3. The highest BCUT2D eigenvalue weighted by atomic mass is 16.3. The second-order valence-electron chi connectivity index (χ2n) is 11.6. The molecule has 4 atom stereocenters. The average molecular weight is 416 g/mol. The topological polar surface area (TPSA) is 43.7 Å². The van der Waals surface area contributed by atoms with Crippen LogP contribution in [-0.2, 0) is 0 Å². The number of nitrogens with zero attached hydrogens (tertiary/aromatic N) is 1. The summed E-state index contributed by atoms with van der Waals surface area (Å²) in [6.07, 6.45) is 18.3. The van der Waals surface area contributed by atoms with Crippen molar-refractivity contribution >= 4 is 0 Å². The van der Waals surface area contributed by atoms with Crippen LogP contribution in [-0.4, -0.2) is 46.5 Å². The summed E-state index contributed by atoms with van der Waals surface area (Å²) in [6, 6.07) is 0. The largest absolute Gasteiger partial charge is 0.393 e. The summed E-state index contributed by atoms with van der Waals surface area (Å²) in [5.74, 6) is 2.00. The monoisotopic (exact) mass is 415 g/mol. The van der Waals surface area contributed by atoms with Gasteiger partial charge < -0.3 is 10.2 Å². The summed E-state index contributed by atoms with van der Waals surface area (Å²) < 4.78 is 0. The summed E-state index contributed by atoms with van der Waals surface area (Å²) in [4.78, 5) is 2.45. The minimum Gasteiger partial charge on any atom is -0.393 e. The van der Waals surface area contributed by atoms with Crippen LogP contribution < -0.4 is 0 Å². The molecule has 3 aliphatic carbocycles. The molecule has 4 rings (SSSR count). The van der Waals surface area contributed by atoms with E-state index in [4.69, 9.17) is 0 Å². The van der Waals surface area contributed by atoms with E-state index in [-0.39, 0.29) is 6.10 Å². The molecule has 3 saturated carbocycles. The molecule has 1 heterocycles. The van der Waals surface area contributed by atoms with E-state index in [2.05, 4.69) is 37.8 Å². The maximum Gasteiger partial charge on any atom is 0.0922 e. The third-order valence-electron chi connectivity index (χ3n) is 9.32. The van der Waals surface area contributed by atoms with Crippen LogP contribution in [0.25, 0.3) is 0 Å². The van der Waals surface area contributed by atoms with Crippen molar-refractivity contribution in [2.24, 2.45) is 23.2 Å². The molecule has 0 spiro atoms. The van der Waals surface area contributed by atoms with Crippen LogP contribution in [0.1, 0.15) is 91.4 Å². The van der Waals surface area contributed by atoms with Crippen molar-refractivity contribution in [3.05, 3.63) is 23.3 Å². The molecule has 170 valence electrons. The van der Waals surface area contributed by atoms with Crippen molar-refractivity contribution in [1.82, 2.24) is 4.90 Å². The molecule has 0 aromatic heterocycles. The fourth-order valence-electron chi connectivity index (χ4n) is 7.08. The summed E-state index contributed by atoms with van der Waals surface area (Å²) in [5.41, 5.74) is 3.21. The van der Waals surface area contributed by atoms with Gasteiger partial charge in [0.25, 0.3) is 0 Å². The molecule has 30 heavy (non-hydrogen) atoms. The Balaban J connectivity index is 1.30. The lowest BCUT2D eigenvalue weighted by molar-refractivity contribution is -0.127. The normalized spacial score (nSPS) is 39.5. The number of aliphatic hydroxyl groups is 2. The average Bonchev–Trinajstić information content (AvgIpc) is 3.01. The Morgan fingerprint density at radius 3 is 2.63 bits per heavy atom. The summed E-state index contributed by atoms with van der Waals surface area (Å²) >= 11 is 0. The minimum atomic E-state index is -0.434. The molecule has 1 aliphatic heterocycles. The van der Waals surface area contributed by atoms with Gasteiger partial charge in [-0.2, -0.15) is 0 Å². The predicted molar refractivity (Wildman–Crippen MR) is 124 cm³/mol. The van der Waals surface area contributed by atoms with Crippen molar-refractivity contribution in [2.45, 2.75) is 103 Å². The molecule has 3 unspecified atom stereocenters. The summed E-state index contributed by atoms with van der Waals surface area (Å²) in [5, 5.41) is 20.4. The molecular weight excluding hydrogens is 370 g/mol. The highest BCUT2D eigenvalue weighted by Crippen LogP contribution is 2.58. The lowest BCUT2D eigenvalue weighted by Crippen LogP contribution is -2.64. The Kier molecular flexibility index (Phi) is 6.82. The zero-order valence-electron chi connectivity index (χ0n) is 19.7. The zero-order chi connectivity index (χ0) is 21.4. The SMILES string of the molecule is CC(C)C1(O)CN(CCCC2CCC3/C(=C/C=C4/CCC[C@H](O)C4)CCCC23C)C1. The van der Waals surface area contributed by atoms with Gasteiger partial charge in [-0.15, -0.1) is 0 Å². The molecular formula is C27H45NO2. The van der Waals surface area contributed by atoms with E-state index < -0.39 is 5.60 Å². The molecule has 3 heteroatoms. The smallest absolute Gasteiger partial charge is 0.0922 e. The molecule has 1 saturated heterocycles. The zero-order valence-corrected chi connectivity index (χ0v) is 19.7. The molecule has 0 bridgehead atoms. The van der Waals surface area contributed by atoms with Crippen molar-refractivity contribution < 1.29 is 10.2 Å². The van der Waals surface area contributed by atoms with Gasteiger partial charge >= 0.3 is 0 Å². The first-order valence-electron chi connectivity index (χ1n) is 12.8. The number of hydrogen-bond acceptors (Lipinski definition) is 3. The first-order valence-corrected chi connectivity index (χ1v) is 12.8. The van der Waals surface area contributed by atoms with E-state index in [0.717, 1.165) is 50.7 Å². The summed E-state index contributed by atoms with van der Waals surface area (Å²) in [7, 11) is 0. The van der Waals surface area contributed by atoms with Crippen LogP contribution in [0.3, 0.4) is 0 Å². The van der Waals surface area contributed by atoms with E-state index in [1.54, 1.807) is 5.57 Å². The number of rotatable bonds is 6. The molecule has 3 nitrogen and oxygen atoms in total. The maximum atomic E-state index is 10.5. The fraction of sp³-hybridized carbons (Fsp3) is 0.852. The van der Waals surface area contributed by atoms with Crippen LogP contribution in [0, 0.1) is 23.2 Å². The van der Waals surface area contributed by atoms with Gasteiger partial charge in [-0.05, 0) is 100 Å². The Hall–Kier alpha value is -0.640. The van der Waals surface area contributed by atoms with Crippen molar-refractivity contribution in [1.29, 1.82) is 0 Å². The van der Waals surface area contributed by atoms with E-state index in [0.29, 0.717) is 11.3 Å². The maximum absolute atomic E-state index is 10.5. The second kappa shape index (κ2) is 9.08. The highest BCUT2D eigenvalue weighted by molar-refractivity contribution is 5.25. The molecule has 0 aromatic carbocycles. The third-order valence-corrected chi connectivity index (χ3v) is 9.32. The van der Waals surface area contributed by atoms with Crippen molar-refractivity contribution in [3.63, 3.8) is 0 Å². The standard InChI is InChI=1S/C27H45NO2/c1-20(2)27(30)18-28(19-27)16-6-9-23-13-14-25-22(8-5-15-26(23,25)3)12-11-21-7-4-10-24(29)17-21/h11-12,20,23-25,29-30H,4-10,13-19H2,1-3H3/b21-11-,22-12+/t23?,24-,25?,26?/m0/s1. The van der Waals surface area contributed by atoms with Crippen LogP contribution in [0.4, 0.5) is 0 Å². The first-order chi connectivity index (χ1) is 14.3. The molecule has 0 aromatic rings. The second-order valence-corrected chi connectivity index (χ2v) is 11.6. The number of β-amino-alcohol motifs (C(OH)–C–C–N with tert-alkyl or cyclic N) is 1. The van der Waals surface area contributed by atoms with Gasteiger partial charge in [-0.3, -0.25) is 4.90 Å². The van der Waals surface area contributed by atoms with Gasteiger partial charge in [0.2, 0.25) is 0 Å². The number of fused-ring (bicyclic) bond motifs is 1. The molecule has 4 aliphatic rings. The Labute approximate surface area is 184 Å². The lowest BCUT2D eigenvalue weighted by Gasteiger charge is -2.49. The predicted octanol–water partition coefficient (Wildman–Crippen LogP) is 5.47. The Morgan fingerprint density at radius 1 is 1.10 bits per heavy atom. The van der Waals surface area contributed by atoms with Crippen LogP contribution in [0.15, 0.2) is 23.3 Å². The quantitative estimate of drug-likeness (QED) is 0.604. The van der Waals surface area contributed by atoms with E-state index in [1.807, 2.05) is 0 Å². The van der Waals surface area contributed by atoms with Gasteiger partial charge in [0.1, 0.15) is 0 Å². The van der Waals surface area contributed by atoms with E-state index in [1.165, 1.54) is 56.9 Å². The lowest BCUT2D eigenvalue weighted by atomic mass is 9.62. The van der Waals surface area contributed by atoms with Gasteiger partial charge in [0.05, 0.1) is 11.7 Å². The number of hydrogen-bond donors (Lipinski definition) is 2. The van der Waals surface area contributed by atoms with Gasteiger partial charge in [0.15, 0.2) is 0 Å². The van der Waals surface area contributed by atoms with Crippen LogP contribution >= 0.6 is 0 Å². The van der Waals surface area contributed by atoms with E-state index in [9.17, 15) is 10.2 Å². The van der Waals surface area contributed by atoms with Gasteiger partial charge in [-0.1, -0.05) is 44.1 Å². The van der Waals surface area contributed by atoms with Crippen molar-refractivity contribution in [2.75, 3.05) is 19.6 Å². The van der Waals surface area contributed by atoms with Gasteiger partial charge in [0, 0.05) is 13.1 Å². The third kappa shape index (κ3) is 4.59. The first kappa shape index (κ1) is 22.6.